The molecule has 3 rings (SSSR count). The van der Waals surface area contributed by atoms with Crippen molar-refractivity contribution in [2.45, 2.75) is 43.5 Å². The second-order valence-corrected chi connectivity index (χ2v) is 9.03. The second kappa shape index (κ2) is 8.84. The van der Waals surface area contributed by atoms with Gasteiger partial charge >= 0.3 is 0 Å². The molecular formula is C21H25FN2O3S. The van der Waals surface area contributed by atoms with Gasteiger partial charge < -0.3 is 5.32 Å². The summed E-state index contributed by atoms with van der Waals surface area (Å²) in [4.78, 5) is 12.5. The minimum Gasteiger partial charge on any atom is -0.350 e. The normalized spacial score (nSPS) is 16.1. The van der Waals surface area contributed by atoms with E-state index in [4.69, 9.17) is 0 Å². The summed E-state index contributed by atoms with van der Waals surface area (Å²) in [7, 11) is -3.41. The number of halogens is 1. The maximum absolute atomic E-state index is 13.0. The van der Waals surface area contributed by atoms with Gasteiger partial charge in [0.2, 0.25) is 15.9 Å². The second-order valence-electron chi connectivity index (χ2n) is 7.10. The molecule has 1 aliphatic rings. The molecule has 150 valence electrons. The number of hydrogen-bond donors (Lipinski definition) is 1. The zero-order chi connectivity index (χ0) is 20.1. The van der Waals surface area contributed by atoms with Gasteiger partial charge in [0.15, 0.2) is 0 Å². The largest absolute Gasteiger partial charge is 0.350 e. The maximum Gasteiger partial charge on any atom is 0.243 e. The molecule has 1 aliphatic heterocycles. The van der Waals surface area contributed by atoms with Crippen LogP contribution < -0.4 is 5.32 Å². The number of hydrogen-bond acceptors (Lipinski definition) is 3. The van der Waals surface area contributed by atoms with E-state index in [-0.39, 0.29) is 17.8 Å². The third-order valence-corrected chi connectivity index (χ3v) is 6.93. The van der Waals surface area contributed by atoms with E-state index in [0.29, 0.717) is 30.8 Å². The van der Waals surface area contributed by atoms with Crippen LogP contribution >= 0.6 is 0 Å². The first kappa shape index (κ1) is 20.5. The Morgan fingerprint density at radius 1 is 1.07 bits per heavy atom. The molecule has 1 N–H and O–H groups in total. The number of amides is 1. The summed E-state index contributed by atoms with van der Waals surface area (Å²) < 4.78 is 39.6. The Labute approximate surface area is 165 Å². The molecule has 1 saturated heterocycles. The summed E-state index contributed by atoms with van der Waals surface area (Å²) in [5.74, 6) is -0.414. The molecule has 5 nitrogen and oxygen atoms in total. The van der Waals surface area contributed by atoms with Crippen molar-refractivity contribution >= 4 is 15.9 Å². The van der Waals surface area contributed by atoms with Gasteiger partial charge in [0.1, 0.15) is 5.82 Å². The van der Waals surface area contributed by atoms with E-state index < -0.39 is 10.0 Å². The van der Waals surface area contributed by atoms with Gasteiger partial charge in [-0.25, -0.2) is 12.8 Å². The first-order valence-electron chi connectivity index (χ1n) is 9.50. The number of aryl methyl sites for hydroxylation is 1. The maximum atomic E-state index is 13.0. The van der Waals surface area contributed by atoms with Gasteiger partial charge in [0, 0.05) is 19.5 Å². The van der Waals surface area contributed by atoms with Crippen LogP contribution in [0.2, 0.25) is 0 Å². The van der Waals surface area contributed by atoms with Crippen molar-refractivity contribution in [3.8, 4) is 0 Å². The average Bonchev–Trinajstić information content (AvgIpc) is 3.23. The molecule has 1 heterocycles. The van der Waals surface area contributed by atoms with E-state index in [0.717, 1.165) is 24.0 Å². The number of nitrogens with zero attached hydrogens (tertiary/aromatic N) is 1. The molecule has 0 aromatic heterocycles. The van der Waals surface area contributed by atoms with Crippen LogP contribution in [-0.2, 0) is 21.2 Å². The molecule has 0 spiro atoms. The number of nitrogens with one attached hydrogen (secondary N) is 1. The zero-order valence-corrected chi connectivity index (χ0v) is 16.7. The molecular weight excluding hydrogens is 379 g/mol. The minimum absolute atomic E-state index is 0.106. The van der Waals surface area contributed by atoms with Crippen LogP contribution in [0.3, 0.4) is 0 Å². The van der Waals surface area contributed by atoms with E-state index in [2.05, 4.69) is 5.32 Å². The van der Waals surface area contributed by atoms with Gasteiger partial charge in [-0.05, 0) is 61.6 Å². The number of rotatable bonds is 7. The van der Waals surface area contributed by atoms with Crippen LogP contribution in [0.25, 0.3) is 0 Å². The molecule has 0 radical (unpaired) electrons. The van der Waals surface area contributed by atoms with Gasteiger partial charge in [-0.1, -0.05) is 24.3 Å². The van der Waals surface area contributed by atoms with E-state index in [1.807, 2.05) is 6.92 Å². The van der Waals surface area contributed by atoms with Crippen molar-refractivity contribution in [1.82, 2.24) is 9.62 Å². The average molecular weight is 405 g/mol. The third-order valence-electron chi connectivity index (χ3n) is 5.01. The van der Waals surface area contributed by atoms with E-state index in [1.165, 1.54) is 16.4 Å². The molecule has 1 fully saturated rings. The molecule has 7 heteroatoms. The van der Waals surface area contributed by atoms with Crippen LogP contribution in [0.15, 0.2) is 53.4 Å². The van der Waals surface area contributed by atoms with E-state index >= 15 is 0 Å². The fraction of sp³-hybridized carbons (Fsp3) is 0.381. The molecule has 0 saturated carbocycles. The van der Waals surface area contributed by atoms with Gasteiger partial charge in [-0.3, -0.25) is 4.79 Å². The first-order valence-corrected chi connectivity index (χ1v) is 10.9. The SMILES string of the molecule is C[C@H](NC(=O)CCc1ccc(S(=O)(=O)N2CCCC2)cc1)c1ccc(F)cc1. The molecule has 0 bridgehead atoms. The molecule has 0 aliphatic carbocycles. The molecule has 28 heavy (non-hydrogen) atoms. The van der Waals surface area contributed by atoms with E-state index in [9.17, 15) is 17.6 Å². The van der Waals surface area contributed by atoms with Crippen molar-refractivity contribution in [2.75, 3.05) is 13.1 Å². The lowest BCUT2D eigenvalue weighted by Gasteiger charge is -2.16. The van der Waals surface area contributed by atoms with Crippen molar-refractivity contribution < 1.29 is 17.6 Å². The molecule has 2 aromatic rings. The van der Waals surface area contributed by atoms with Gasteiger partial charge in [-0.2, -0.15) is 4.31 Å². The summed E-state index contributed by atoms with van der Waals surface area (Å²) in [6, 6.07) is 12.6. The standard InChI is InChI=1S/C21H25FN2O3S/c1-16(18-7-9-19(22)10-8-18)23-21(25)13-6-17-4-11-20(12-5-17)28(26,27)24-14-2-3-15-24/h4-5,7-12,16H,2-3,6,13-15H2,1H3,(H,23,25)/t16-/m0/s1. The van der Waals surface area contributed by atoms with Crippen LogP contribution in [0.5, 0.6) is 0 Å². The van der Waals surface area contributed by atoms with Crippen molar-refractivity contribution in [2.24, 2.45) is 0 Å². The highest BCUT2D eigenvalue weighted by atomic mass is 32.2. The lowest BCUT2D eigenvalue weighted by Crippen LogP contribution is -2.27. The van der Waals surface area contributed by atoms with E-state index in [1.54, 1.807) is 36.4 Å². The Bertz CT molecular complexity index is 906. The summed E-state index contributed by atoms with van der Waals surface area (Å²) in [6.45, 7) is 3.01. The monoisotopic (exact) mass is 404 g/mol. The topological polar surface area (TPSA) is 66.5 Å². The highest BCUT2D eigenvalue weighted by molar-refractivity contribution is 7.89. The fourth-order valence-corrected chi connectivity index (χ4v) is 4.83. The summed E-state index contributed by atoms with van der Waals surface area (Å²) in [6.07, 6.45) is 2.63. The number of carbonyl (C=O) groups is 1. The number of sulfonamides is 1. The fourth-order valence-electron chi connectivity index (χ4n) is 3.31. The predicted molar refractivity (Wildman–Crippen MR) is 106 cm³/mol. The summed E-state index contributed by atoms with van der Waals surface area (Å²) in [5.41, 5.74) is 1.75. The third kappa shape index (κ3) is 4.97. The Kier molecular flexibility index (Phi) is 6.46. The summed E-state index contributed by atoms with van der Waals surface area (Å²) in [5, 5.41) is 2.89. The molecule has 1 atom stereocenters. The smallest absolute Gasteiger partial charge is 0.243 e. The molecule has 2 aromatic carbocycles. The van der Waals surface area contributed by atoms with Gasteiger partial charge in [0.05, 0.1) is 10.9 Å². The molecule has 0 unspecified atom stereocenters. The van der Waals surface area contributed by atoms with Gasteiger partial charge in [0.25, 0.3) is 0 Å². The first-order chi connectivity index (χ1) is 13.4. The minimum atomic E-state index is -3.41. The van der Waals surface area contributed by atoms with Crippen LogP contribution in [-0.4, -0.2) is 31.7 Å². The Morgan fingerprint density at radius 2 is 1.68 bits per heavy atom. The molecule has 1 amide bonds. The van der Waals surface area contributed by atoms with Crippen LogP contribution in [0.1, 0.15) is 43.4 Å². The Balaban J connectivity index is 1.53. The quantitative estimate of drug-likeness (QED) is 0.769. The van der Waals surface area contributed by atoms with Crippen LogP contribution in [0, 0.1) is 5.82 Å². The van der Waals surface area contributed by atoms with Gasteiger partial charge in [-0.15, -0.1) is 0 Å². The van der Waals surface area contributed by atoms with Crippen LogP contribution in [0.4, 0.5) is 4.39 Å². The highest BCUT2D eigenvalue weighted by Gasteiger charge is 2.26. The Morgan fingerprint density at radius 3 is 2.29 bits per heavy atom. The summed E-state index contributed by atoms with van der Waals surface area (Å²) >= 11 is 0. The number of benzene rings is 2. The zero-order valence-electron chi connectivity index (χ0n) is 15.9. The highest BCUT2D eigenvalue weighted by Crippen LogP contribution is 2.21. The van der Waals surface area contributed by atoms with Crippen molar-refractivity contribution in [1.29, 1.82) is 0 Å². The lowest BCUT2D eigenvalue weighted by molar-refractivity contribution is -0.121. The van der Waals surface area contributed by atoms with Crippen molar-refractivity contribution in [3.05, 3.63) is 65.5 Å². The lowest BCUT2D eigenvalue weighted by atomic mass is 10.1. The predicted octanol–water partition coefficient (Wildman–Crippen LogP) is 3.42. The Hall–Kier alpha value is -2.25. The number of carbonyl (C=O) groups excluding carboxylic acids is 1. The van der Waals surface area contributed by atoms with Crippen molar-refractivity contribution in [3.63, 3.8) is 0 Å².